The molecule has 3 nitrogen and oxygen atoms in total. The van der Waals surface area contributed by atoms with Crippen LogP contribution in [0.25, 0.3) is 0 Å². The van der Waals surface area contributed by atoms with Gasteiger partial charge in [0.25, 0.3) is 0 Å². The molecule has 0 spiro atoms. The molecule has 1 aliphatic carbocycles. The number of aliphatic hydroxyl groups excluding tert-OH is 2. The van der Waals surface area contributed by atoms with Crippen molar-refractivity contribution in [3.05, 3.63) is 48.6 Å². The Morgan fingerprint density at radius 2 is 1.89 bits per heavy atom. The van der Waals surface area contributed by atoms with Crippen LogP contribution in [0.1, 0.15) is 24.3 Å². The minimum atomic E-state index is -0.524. The van der Waals surface area contributed by atoms with Crippen molar-refractivity contribution in [2.45, 2.75) is 37.1 Å². The maximum Gasteiger partial charge on any atom is 0.0854 e. The average Bonchev–Trinajstić information content (AvgIpc) is 2.44. The molecule has 0 aromatic heterocycles. The topological polar surface area (TPSA) is 49.7 Å². The van der Waals surface area contributed by atoms with Crippen LogP contribution in [0.15, 0.2) is 43.0 Å². The van der Waals surface area contributed by atoms with Gasteiger partial charge in [-0.15, -0.1) is 6.58 Å². The Morgan fingerprint density at radius 3 is 2.47 bits per heavy atom. The fourth-order valence-electron chi connectivity index (χ4n) is 3.03. The van der Waals surface area contributed by atoms with E-state index in [9.17, 15) is 10.2 Å². The highest BCUT2D eigenvalue weighted by Gasteiger charge is 2.38. The predicted octanol–water partition coefficient (Wildman–Crippen LogP) is 2.10. The number of allylic oxidation sites excluding steroid dienone is 1. The van der Waals surface area contributed by atoms with Crippen molar-refractivity contribution in [2.75, 3.05) is 7.11 Å². The van der Waals surface area contributed by atoms with Crippen LogP contribution < -0.4 is 0 Å². The Labute approximate surface area is 114 Å². The van der Waals surface area contributed by atoms with Crippen LogP contribution in [0.5, 0.6) is 0 Å². The third kappa shape index (κ3) is 3.06. The molecule has 0 amide bonds. The van der Waals surface area contributed by atoms with E-state index in [0.717, 1.165) is 5.56 Å². The molecule has 0 heterocycles. The second-order valence-corrected chi connectivity index (χ2v) is 5.22. The van der Waals surface area contributed by atoms with Crippen LogP contribution >= 0.6 is 0 Å². The molecule has 0 radical (unpaired) electrons. The van der Waals surface area contributed by atoms with E-state index in [-0.39, 0.29) is 17.9 Å². The van der Waals surface area contributed by atoms with Crippen molar-refractivity contribution in [3.8, 4) is 0 Å². The van der Waals surface area contributed by atoms with E-state index in [1.165, 1.54) is 0 Å². The fraction of sp³-hybridized carbons (Fsp3) is 0.500. The van der Waals surface area contributed by atoms with Gasteiger partial charge >= 0.3 is 0 Å². The fourth-order valence-corrected chi connectivity index (χ4v) is 3.03. The van der Waals surface area contributed by atoms with Gasteiger partial charge in [-0.1, -0.05) is 36.4 Å². The van der Waals surface area contributed by atoms with Gasteiger partial charge in [-0.25, -0.2) is 0 Å². The number of methoxy groups -OCH3 is 1. The molecule has 104 valence electrons. The zero-order valence-corrected chi connectivity index (χ0v) is 11.3. The molecule has 5 atom stereocenters. The first kappa shape index (κ1) is 14.3. The van der Waals surface area contributed by atoms with Crippen LogP contribution in [0.4, 0.5) is 0 Å². The molecule has 19 heavy (non-hydrogen) atoms. The number of hydrogen-bond donors (Lipinski definition) is 2. The molecule has 1 saturated carbocycles. The molecule has 1 fully saturated rings. The first-order valence-corrected chi connectivity index (χ1v) is 6.73. The van der Waals surface area contributed by atoms with Crippen molar-refractivity contribution >= 4 is 0 Å². The Hall–Kier alpha value is -1.16. The van der Waals surface area contributed by atoms with Crippen molar-refractivity contribution in [2.24, 2.45) is 5.92 Å². The molecule has 3 heteroatoms. The number of ether oxygens (including phenoxy) is 1. The van der Waals surface area contributed by atoms with Gasteiger partial charge in [-0.3, -0.25) is 0 Å². The first-order valence-electron chi connectivity index (χ1n) is 6.73. The van der Waals surface area contributed by atoms with Crippen molar-refractivity contribution < 1.29 is 14.9 Å². The summed E-state index contributed by atoms with van der Waals surface area (Å²) in [5.41, 5.74) is 1.13. The number of rotatable bonds is 4. The standard InChI is InChI=1S/C16H22O3/c1-3-12(11-7-5-4-6-8-11)13-9-15(18)16(19-2)10-14(13)17/h3-8,12-18H,1,9-10H2,2H3/t12-,13-,14-,15+,16-/m0/s1. The Kier molecular flexibility index (Phi) is 4.75. The molecule has 2 N–H and O–H groups in total. The second-order valence-electron chi connectivity index (χ2n) is 5.22. The summed E-state index contributed by atoms with van der Waals surface area (Å²) in [6.07, 6.45) is 1.60. The van der Waals surface area contributed by atoms with E-state index in [4.69, 9.17) is 4.74 Å². The van der Waals surface area contributed by atoms with E-state index in [1.807, 2.05) is 36.4 Å². The molecule has 2 rings (SSSR count). The minimum absolute atomic E-state index is 0.0127. The number of aliphatic hydroxyl groups is 2. The monoisotopic (exact) mass is 262 g/mol. The van der Waals surface area contributed by atoms with E-state index in [1.54, 1.807) is 7.11 Å². The largest absolute Gasteiger partial charge is 0.393 e. The summed E-state index contributed by atoms with van der Waals surface area (Å²) in [6, 6.07) is 10.0. The Balaban J connectivity index is 2.17. The molecule has 0 unspecified atom stereocenters. The van der Waals surface area contributed by atoms with Gasteiger partial charge < -0.3 is 14.9 Å². The van der Waals surface area contributed by atoms with Gasteiger partial charge in [-0.05, 0) is 17.9 Å². The molecule has 1 aromatic rings. The Morgan fingerprint density at radius 1 is 1.21 bits per heavy atom. The van der Waals surface area contributed by atoms with Gasteiger partial charge in [0.15, 0.2) is 0 Å². The molecule has 1 aromatic carbocycles. The van der Waals surface area contributed by atoms with Crippen LogP contribution in [0, 0.1) is 5.92 Å². The molecule has 0 aliphatic heterocycles. The van der Waals surface area contributed by atoms with E-state index >= 15 is 0 Å². The van der Waals surface area contributed by atoms with E-state index in [0.29, 0.717) is 12.8 Å². The smallest absolute Gasteiger partial charge is 0.0854 e. The maximum absolute atomic E-state index is 10.3. The summed E-state index contributed by atoms with van der Waals surface area (Å²) in [5.74, 6) is 0.0463. The van der Waals surface area contributed by atoms with Crippen molar-refractivity contribution in [3.63, 3.8) is 0 Å². The summed E-state index contributed by atoms with van der Waals surface area (Å²) in [5, 5.41) is 20.4. The average molecular weight is 262 g/mol. The van der Waals surface area contributed by atoms with Gasteiger partial charge in [0.05, 0.1) is 18.3 Å². The van der Waals surface area contributed by atoms with Crippen LogP contribution in [0.2, 0.25) is 0 Å². The first-order chi connectivity index (χ1) is 9.17. The third-order valence-corrected chi connectivity index (χ3v) is 4.11. The highest BCUT2D eigenvalue weighted by molar-refractivity contribution is 5.25. The summed E-state index contributed by atoms with van der Waals surface area (Å²) >= 11 is 0. The normalized spacial score (nSPS) is 32.8. The second kappa shape index (κ2) is 6.33. The molecular formula is C16H22O3. The highest BCUT2D eigenvalue weighted by Crippen LogP contribution is 2.37. The van der Waals surface area contributed by atoms with E-state index < -0.39 is 12.2 Å². The third-order valence-electron chi connectivity index (χ3n) is 4.11. The van der Waals surface area contributed by atoms with Crippen LogP contribution in [0.3, 0.4) is 0 Å². The summed E-state index contributed by atoms with van der Waals surface area (Å²) in [6.45, 7) is 3.89. The van der Waals surface area contributed by atoms with Gasteiger partial charge in [-0.2, -0.15) is 0 Å². The van der Waals surface area contributed by atoms with Crippen molar-refractivity contribution in [1.29, 1.82) is 0 Å². The quantitative estimate of drug-likeness (QED) is 0.817. The lowest BCUT2D eigenvalue weighted by Crippen LogP contribution is -2.44. The highest BCUT2D eigenvalue weighted by atomic mass is 16.5. The summed E-state index contributed by atoms with van der Waals surface area (Å²) in [7, 11) is 1.57. The van der Waals surface area contributed by atoms with E-state index in [2.05, 4.69) is 6.58 Å². The SMILES string of the molecule is C=C[C@@H](c1ccccc1)[C@@H]1C[C@@H](O)[C@@H](OC)C[C@@H]1O. The lowest BCUT2D eigenvalue weighted by Gasteiger charge is -2.39. The lowest BCUT2D eigenvalue weighted by molar-refractivity contribution is -0.0957. The Bertz CT molecular complexity index is 404. The zero-order chi connectivity index (χ0) is 13.8. The minimum Gasteiger partial charge on any atom is -0.393 e. The van der Waals surface area contributed by atoms with Crippen LogP contribution in [-0.4, -0.2) is 35.6 Å². The summed E-state index contributed by atoms with van der Waals surface area (Å²) in [4.78, 5) is 0. The van der Waals surface area contributed by atoms with Gasteiger partial charge in [0.1, 0.15) is 0 Å². The van der Waals surface area contributed by atoms with Gasteiger partial charge in [0, 0.05) is 19.4 Å². The number of hydrogen-bond acceptors (Lipinski definition) is 3. The molecule has 0 saturated heterocycles. The lowest BCUT2D eigenvalue weighted by atomic mass is 9.73. The molecule has 0 bridgehead atoms. The summed E-state index contributed by atoms with van der Waals surface area (Å²) < 4.78 is 5.21. The van der Waals surface area contributed by atoms with Crippen LogP contribution in [-0.2, 0) is 4.74 Å². The van der Waals surface area contributed by atoms with Crippen molar-refractivity contribution in [1.82, 2.24) is 0 Å². The molecular weight excluding hydrogens is 240 g/mol. The predicted molar refractivity (Wildman–Crippen MR) is 74.9 cm³/mol. The maximum atomic E-state index is 10.3. The number of benzene rings is 1. The molecule has 1 aliphatic rings. The zero-order valence-electron chi connectivity index (χ0n) is 11.3. The van der Waals surface area contributed by atoms with Gasteiger partial charge in [0.2, 0.25) is 0 Å².